The number of carbonyl (C=O) groups excluding carboxylic acids is 2. The Morgan fingerprint density at radius 3 is 1.29 bits per heavy atom. The van der Waals surface area contributed by atoms with Crippen LogP contribution in [0.5, 0.6) is 0 Å². The zero-order valence-electron chi connectivity index (χ0n) is 31.9. The van der Waals surface area contributed by atoms with Crippen LogP contribution >= 0.6 is 0 Å². The van der Waals surface area contributed by atoms with Gasteiger partial charge in [0.1, 0.15) is 0 Å². The van der Waals surface area contributed by atoms with Crippen LogP contribution in [0.15, 0.2) is 72.9 Å². The molecule has 4 nitrogen and oxygen atoms in total. The predicted molar refractivity (Wildman–Crippen MR) is 212 cm³/mol. The minimum atomic E-state index is 0.158. The van der Waals surface area contributed by atoms with Crippen LogP contribution in [-0.2, 0) is 9.59 Å². The van der Waals surface area contributed by atoms with Crippen molar-refractivity contribution < 1.29 is 9.59 Å². The maximum absolute atomic E-state index is 12.5. The van der Waals surface area contributed by atoms with E-state index < -0.39 is 0 Å². The van der Waals surface area contributed by atoms with Crippen LogP contribution in [0.4, 0.5) is 0 Å². The molecule has 0 aromatic carbocycles. The van der Waals surface area contributed by atoms with E-state index in [1.807, 2.05) is 0 Å². The van der Waals surface area contributed by atoms with Gasteiger partial charge >= 0.3 is 0 Å². The average molecular weight is 665 g/mol. The molecular weight excluding hydrogens is 588 g/mol. The van der Waals surface area contributed by atoms with Crippen LogP contribution < -0.4 is 10.6 Å². The summed E-state index contributed by atoms with van der Waals surface area (Å²) in [6.45, 7) is 9.56. The second-order valence-corrected chi connectivity index (χ2v) is 13.5. The Morgan fingerprint density at radius 2 is 0.875 bits per heavy atom. The second-order valence-electron chi connectivity index (χ2n) is 13.5. The summed E-state index contributed by atoms with van der Waals surface area (Å²) in [5.74, 6) is 0.734. The molecule has 2 N–H and O–H groups in total. The van der Waals surface area contributed by atoms with Crippen molar-refractivity contribution in [1.82, 2.24) is 10.6 Å². The summed E-state index contributed by atoms with van der Waals surface area (Å²) >= 11 is 0. The Bertz CT molecular complexity index is 909. The number of amides is 2. The van der Waals surface area contributed by atoms with Gasteiger partial charge in [0, 0.05) is 25.4 Å². The fourth-order valence-corrected chi connectivity index (χ4v) is 5.33. The van der Waals surface area contributed by atoms with E-state index in [0.717, 1.165) is 90.0 Å². The van der Waals surface area contributed by atoms with E-state index in [1.54, 1.807) is 0 Å². The third-order valence-electron chi connectivity index (χ3n) is 8.50. The molecule has 0 unspecified atom stereocenters. The van der Waals surface area contributed by atoms with E-state index in [1.165, 1.54) is 51.4 Å². The van der Waals surface area contributed by atoms with Gasteiger partial charge in [-0.15, -0.1) is 0 Å². The Hall–Kier alpha value is -2.62. The van der Waals surface area contributed by atoms with Crippen LogP contribution in [0.2, 0.25) is 0 Å². The van der Waals surface area contributed by atoms with Gasteiger partial charge in [0.15, 0.2) is 0 Å². The largest absolute Gasteiger partial charge is 0.356 e. The van der Waals surface area contributed by atoms with Gasteiger partial charge in [0.05, 0.1) is 0 Å². The molecule has 4 heteroatoms. The van der Waals surface area contributed by atoms with Gasteiger partial charge in [-0.05, 0) is 115 Å². The molecule has 48 heavy (non-hydrogen) atoms. The Balaban J connectivity index is 3.79. The molecule has 2 amide bonds. The standard InChI is InChI=1S/C44H76N2O2/c1-5-7-9-11-13-15-17-19-21-23-25-27-29-31-33-38-43(47)45-40-36-35-37-42(41(3)4)46-44(48)39-34-32-30-28-26-24-22-20-18-16-14-12-10-8-6-2/h13-16,19-22,25-28,41-42H,5-12,17-18,23-24,29-40H2,1-4H3,(H,45,47)(H,46,48)/b15-13-,16-14-,21-19-,22-20-,27-25-,28-26-/t42-/m0/s1. The quantitative estimate of drug-likeness (QED) is 0.0542. The lowest BCUT2D eigenvalue weighted by atomic mass is 9.98. The first-order valence-corrected chi connectivity index (χ1v) is 20.0. The van der Waals surface area contributed by atoms with Crippen molar-refractivity contribution >= 4 is 11.8 Å². The minimum Gasteiger partial charge on any atom is -0.356 e. The molecule has 0 radical (unpaired) electrons. The molecule has 0 aliphatic carbocycles. The molecule has 1 atom stereocenters. The molecule has 0 aliphatic rings. The summed E-state index contributed by atoms with van der Waals surface area (Å²) in [5, 5.41) is 6.34. The summed E-state index contributed by atoms with van der Waals surface area (Å²) in [7, 11) is 0. The lowest BCUT2D eigenvalue weighted by Gasteiger charge is -2.22. The normalized spacial score (nSPS) is 13.1. The Labute approximate surface area is 298 Å². The first kappa shape index (κ1) is 45.4. The average Bonchev–Trinajstić information content (AvgIpc) is 3.07. The lowest BCUT2D eigenvalue weighted by molar-refractivity contribution is -0.122. The Morgan fingerprint density at radius 1 is 0.479 bits per heavy atom. The van der Waals surface area contributed by atoms with Crippen LogP contribution in [0.3, 0.4) is 0 Å². The van der Waals surface area contributed by atoms with Gasteiger partial charge in [-0.3, -0.25) is 9.59 Å². The number of hydrogen-bond donors (Lipinski definition) is 2. The van der Waals surface area contributed by atoms with Crippen molar-refractivity contribution in [3.8, 4) is 0 Å². The maximum Gasteiger partial charge on any atom is 0.220 e. The van der Waals surface area contributed by atoms with Crippen molar-refractivity contribution in [2.75, 3.05) is 6.54 Å². The summed E-state index contributed by atoms with van der Waals surface area (Å²) in [6.07, 6.45) is 51.4. The maximum atomic E-state index is 12.5. The number of allylic oxidation sites excluding steroid dienone is 12. The number of rotatable bonds is 33. The summed E-state index contributed by atoms with van der Waals surface area (Å²) < 4.78 is 0. The molecule has 0 bridgehead atoms. The molecule has 0 fully saturated rings. The number of nitrogens with one attached hydrogen (secondary N) is 2. The summed E-state index contributed by atoms with van der Waals surface area (Å²) in [4.78, 5) is 24.7. The summed E-state index contributed by atoms with van der Waals surface area (Å²) in [6, 6.07) is 0.201. The third kappa shape index (κ3) is 34.7. The van der Waals surface area contributed by atoms with Crippen molar-refractivity contribution in [2.24, 2.45) is 5.92 Å². The second kappa shape index (κ2) is 37.2. The molecule has 0 spiro atoms. The van der Waals surface area contributed by atoms with Crippen molar-refractivity contribution in [3.05, 3.63) is 72.9 Å². The lowest BCUT2D eigenvalue weighted by Crippen LogP contribution is -2.38. The van der Waals surface area contributed by atoms with E-state index in [9.17, 15) is 9.59 Å². The van der Waals surface area contributed by atoms with E-state index in [0.29, 0.717) is 18.8 Å². The highest BCUT2D eigenvalue weighted by molar-refractivity contribution is 5.76. The zero-order valence-corrected chi connectivity index (χ0v) is 31.9. The van der Waals surface area contributed by atoms with Crippen molar-refractivity contribution in [3.63, 3.8) is 0 Å². The van der Waals surface area contributed by atoms with Crippen LogP contribution in [0, 0.1) is 5.92 Å². The first-order chi connectivity index (χ1) is 23.5. The molecule has 0 aromatic heterocycles. The van der Waals surface area contributed by atoms with E-state index in [4.69, 9.17) is 0 Å². The van der Waals surface area contributed by atoms with Gasteiger partial charge in [-0.25, -0.2) is 0 Å². The number of unbranched alkanes of at least 4 members (excludes halogenated alkanes) is 11. The van der Waals surface area contributed by atoms with E-state index in [2.05, 4.69) is 111 Å². The third-order valence-corrected chi connectivity index (χ3v) is 8.50. The highest BCUT2D eigenvalue weighted by Gasteiger charge is 2.15. The molecule has 0 aliphatic heterocycles. The van der Waals surface area contributed by atoms with E-state index >= 15 is 0 Å². The van der Waals surface area contributed by atoms with Gasteiger partial charge in [-0.1, -0.05) is 126 Å². The zero-order chi connectivity index (χ0) is 35.2. The SMILES string of the molecule is CCCCC/C=C\C/C=C\C/C=C\CCCCC(=O)NCCCC[C@H](NC(=O)CCCC/C=C\C/C=C\C/C=C\CCCCC)C(C)C. The first-order valence-electron chi connectivity index (χ1n) is 20.0. The highest BCUT2D eigenvalue weighted by Crippen LogP contribution is 2.12. The monoisotopic (exact) mass is 665 g/mol. The topological polar surface area (TPSA) is 58.2 Å². The van der Waals surface area contributed by atoms with Gasteiger partial charge in [0.2, 0.25) is 11.8 Å². The van der Waals surface area contributed by atoms with Crippen LogP contribution in [0.25, 0.3) is 0 Å². The van der Waals surface area contributed by atoms with Crippen LogP contribution in [-0.4, -0.2) is 24.4 Å². The molecule has 0 aromatic rings. The number of carbonyl (C=O) groups is 2. The molecule has 274 valence electrons. The van der Waals surface area contributed by atoms with E-state index in [-0.39, 0.29) is 17.9 Å². The highest BCUT2D eigenvalue weighted by atomic mass is 16.2. The molecule has 0 rings (SSSR count). The molecular formula is C44H76N2O2. The number of hydrogen-bond acceptors (Lipinski definition) is 2. The van der Waals surface area contributed by atoms with Crippen molar-refractivity contribution in [2.45, 2.75) is 181 Å². The van der Waals surface area contributed by atoms with Gasteiger partial charge in [0.25, 0.3) is 0 Å². The molecule has 0 saturated heterocycles. The smallest absolute Gasteiger partial charge is 0.220 e. The molecule has 0 heterocycles. The predicted octanol–water partition coefficient (Wildman–Crippen LogP) is 12.6. The van der Waals surface area contributed by atoms with Gasteiger partial charge in [-0.2, -0.15) is 0 Å². The van der Waals surface area contributed by atoms with Crippen LogP contribution in [0.1, 0.15) is 175 Å². The fraction of sp³-hybridized carbons (Fsp3) is 0.682. The van der Waals surface area contributed by atoms with Gasteiger partial charge < -0.3 is 10.6 Å². The Kier molecular flexibility index (Phi) is 35.2. The summed E-state index contributed by atoms with van der Waals surface area (Å²) in [5.41, 5.74) is 0. The fourth-order valence-electron chi connectivity index (χ4n) is 5.33. The van der Waals surface area contributed by atoms with Crippen molar-refractivity contribution in [1.29, 1.82) is 0 Å². The minimum absolute atomic E-state index is 0.158. The molecule has 0 saturated carbocycles.